The van der Waals surface area contributed by atoms with Gasteiger partial charge in [-0.3, -0.25) is 14.4 Å². The molecule has 0 bridgehead atoms. The van der Waals surface area contributed by atoms with E-state index in [0.717, 1.165) is 0 Å². The van der Waals surface area contributed by atoms with Gasteiger partial charge in [0.25, 0.3) is 11.8 Å². The molecule has 152 valence electrons. The lowest BCUT2D eigenvalue weighted by molar-refractivity contribution is -0.128. The van der Waals surface area contributed by atoms with Gasteiger partial charge < -0.3 is 24.3 Å². The Morgan fingerprint density at radius 2 is 1.83 bits per heavy atom. The molecule has 1 unspecified atom stereocenters. The molecule has 29 heavy (non-hydrogen) atoms. The number of carbonyl (C=O) groups excluding carboxylic acids is 3. The van der Waals surface area contributed by atoms with Crippen LogP contribution in [0.2, 0.25) is 0 Å². The maximum atomic E-state index is 13.3. The topological polar surface area (TPSA) is 92.1 Å². The number of anilines is 1. The molecule has 1 fully saturated rings. The standard InChI is InChI=1S/C21H23N3O5/c1-22-19(25)18-13-24(15-5-2-3-6-16(15)29-18)20(26)14-8-10-23(11-9-14)21(27)17-7-4-12-28-17/h2-7,12,14,18H,8-11,13H2,1H3,(H,22,25). The number of fused-ring (bicyclic) bond motifs is 1. The maximum Gasteiger partial charge on any atom is 0.289 e. The van der Waals surface area contributed by atoms with Crippen molar-refractivity contribution in [2.45, 2.75) is 18.9 Å². The molecule has 0 radical (unpaired) electrons. The van der Waals surface area contributed by atoms with E-state index in [9.17, 15) is 14.4 Å². The molecule has 4 rings (SSSR count). The van der Waals surface area contributed by atoms with Crippen LogP contribution in [-0.4, -0.2) is 55.4 Å². The van der Waals surface area contributed by atoms with Crippen molar-refractivity contribution in [2.75, 3.05) is 31.6 Å². The Labute approximate surface area is 168 Å². The van der Waals surface area contributed by atoms with Gasteiger partial charge in [-0.2, -0.15) is 0 Å². The third-order valence-corrected chi connectivity index (χ3v) is 5.44. The van der Waals surface area contributed by atoms with Crippen molar-refractivity contribution in [3.8, 4) is 5.75 Å². The van der Waals surface area contributed by atoms with Gasteiger partial charge in [0.2, 0.25) is 5.91 Å². The number of carbonyl (C=O) groups is 3. The first-order chi connectivity index (χ1) is 14.1. The summed E-state index contributed by atoms with van der Waals surface area (Å²) < 4.78 is 11.0. The molecule has 3 amide bonds. The van der Waals surface area contributed by atoms with Gasteiger partial charge in [-0.25, -0.2) is 0 Å². The largest absolute Gasteiger partial charge is 0.477 e. The monoisotopic (exact) mass is 397 g/mol. The van der Waals surface area contributed by atoms with Gasteiger partial charge in [0, 0.05) is 26.1 Å². The van der Waals surface area contributed by atoms with Gasteiger partial charge in [0.05, 0.1) is 18.5 Å². The zero-order chi connectivity index (χ0) is 20.4. The van der Waals surface area contributed by atoms with Gasteiger partial charge in [-0.05, 0) is 37.1 Å². The Morgan fingerprint density at radius 1 is 1.07 bits per heavy atom. The molecule has 1 aromatic heterocycles. The Balaban J connectivity index is 1.46. The molecule has 1 atom stereocenters. The van der Waals surface area contributed by atoms with Crippen LogP contribution in [0.5, 0.6) is 5.75 Å². The number of furan rings is 1. The second-order valence-corrected chi connectivity index (χ2v) is 7.18. The van der Waals surface area contributed by atoms with Crippen LogP contribution in [0.3, 0.4) is 0 Å². The first-order valence-corrected chi connectivity index (χ1v) is 9.70. The van der Waals surface area contributed by atoms with Crippen LogP contribution in [0, 0.1) is 5.92 Å². The van der Waals surface area contributed by atoms with E-state index in [1.807, 2.05) is 18.2 Å². The molecule has 2 aromatic rings. The molecule has 3 heterocycles. The van der Waals surface area contributed by atoms with E-state index >= 15 is 0 Å². The number of nitrogens with zero attached hydrogens (tertiary/aromatic N) is 2. The zero-order valence-electron chi connectivity index (χ0n) is 16.2. The number of nitrogens with one attached hydrogen (secondary N) is 1. The Hall–Kier alpha value is -3.29. The van der Waals surface area contributed by atoms with E-state index < -0.39 is 6.10 Å². The molecular weight excluding hydrogens is 374 g/mol. The van der Waals surface area contributed by atoms with Crippen LogP contribution in [0.25, 0.3) is 0 Å². The van der Waals surface area contributed by atoms with Crippen LogP contribution < -0.4 is 15.0 Å². The van der Waals surface area contributed by atoms with E-state index in [4.69, 9.17) is 9.15 Å². The minimum absolute atomic E-state index is 0.0419. The summed E-state index contributed by atoms with van der Waals surface area (Å²) in [5, 5.41) is 2.58. The fraction of sp³-hybridized carbons (Fsp3) is 0.381. The quantitative estimate of drug-likeness (QED) is 0.851. The average Bonchev–Trinajstić information content (AvgIpc) is 3.32. The third kappa shape index (κ3) is 3.70. The normalized spacial score (nSPS) is 19.3. The van der Waals surface area contributed by atoms with E-state index in [2.05, 4.69) is 5.32 Å². The van der Waals surface area contributed by atoms with E-state index in [1.165, 1.54) is 6.26 Å². The van der Waals surface area contributed by atoms with E-state index in [1.54, 1.807) is 35.0 Å². The summed E-state index contributed by atoms with van der Waals surface area (Å²) in [6, 6.07) is 10.6. The number of likely N-dealkylation sites (tertiary alicyclic amines) is 1. The number of hydrogen-bond acceptors (Lipinski definition) is 5. The van der Waals surface area contributed by atoms with Crippen molar-refractivity contribution in [3.05, 3.63) is 48.4 Å². The number of benzene rings is 1. The van der Waals surface area contributed by atoms with Gasteiger partial charge >= 0.3 is 0 Å². The lowest BCUT2D eigenvalue weighted by atomic mass is 9.94. The lowest BCUT2D eigenvalue weighted by Gasteiger charge is -2.38. The van der Waals surface area contributed by atoms with Crippen LogP contribution >= 0.6 is 0 Å². The van der Waals surface area contributed by atoms with Crippen LogP contribution in [-0.2, 0) is 9.59 Å². The number of amides is 3. The summed E-state index contributed by atoms with van der Waals surface area (Å²) in [5.41, 5.74) is 0.673. The Kier molecular flexibility index (Phi) is 5.24. The first kappa shape index (κ1) is 19.0. The molecule has 1 N–H and O–H groups in total. The van der Waals surface area contributed by atoms with Crippen molar-refractivity contribution in [1.29, 1.82) is 0 Å². The van der Waals surface area contributed by atoms with Crippen LogP contribution in [0.4, 0.5) is 5.69 Å². The summed E-state index contributed by atoms with van der Waals surface area (Å²) in [4.78, 5) is 41.2. The smallest absolute Gasteiger partial charge is 0.289 e. The predicted molar refractivity (Wildman–Crippen MR) is 105 cm³/mol. The summed E-state index contributed by atoms with van der Waals surface area (Å²) >= 11 is 0. The van der Waals surface area contributed by atoms with Crippen LogP contribution in [0.1, 0.15) is 23.4 Å². The molecule has 2 aliphatic heterocycles. The molecule has 8 heteroatoms. The first-order valence-electron chi connectivity index (χ1n) is 9.70. The highest BCUT2D eigenvalue weighted by molar-refractivity contribution is 5.99. The summed E-state index contributed by atoms with van der Waals surface area (Å²) in [7, 11) is 1.55. The Bertz CT molecular complexity index is 903. The third-order valence-electron chi connectivity index (χ3n) is 5.44. The molecule has 2 aliphatic rings. The molecule has 0 saturated carbocycles. The van der Waals surface area contributed by atoms with Gasteiger partial charge in [-0.1, -0.05) is 12.1 Å². The van der Waals surface area contributed by atoms with Crippen molar-refractivity contribution in [2.24, 2.45) is 5.92 Å². The van der Waals surface area contributed by atoms with Crippen molar-refractivity contribution in [1.82, 2.24) is 10.2 Å². The molecule has 1 aromatic carbocycles. The van der Waals surface area contributed by atoms with E-state index in [0.29, 0.717) is 43.1 Å². The molecular formula is C21H23N3O5. The molecule has 8 nitrogen and oxygen atoms in total. The van der Waals surface area contributed by atoms with Crippen molar-refractivity contribution < 1.29 is 23.5 Å². The van der Waals surface area contributed by atoms with Crippen molar-refractivity contribution >= 4 is 23.4 Å². The number of ether oxygens (including phenoxy) is 1. The summed E-state index contributed by atoms with van der Waals surface area (Å²) in [6.07, 6.45) is 1.85. The molecule has 0 spiro atoms. The fourth-order valence-electron chi connectivity index (χ4n) is 3.85. The number of likely N-dealkylation sites (N-methyl/N-ethyl adjacent to an activating group) is 1. The minimum atomic E-state index is -0.750. The fourth-order valence-corrected chi connectivity index (χ4v) is 3.85. The highest BCUT2D eigenvalue weighted by Crippen LogP contribution is 2.35. The Morgan fingerprint density at radius 3 is 2.52 bits per heavy atom. The predicted octanol–water partition coefficient (Wildman–Crippen LogP) is 1.67. The summed E-state index contributed by atoms with van der Waals surface area (Å²) in [5.74, 6) is 0.150. The van der Waals surface area contributed by atoms with Crippen molar-refractivity contribution in [3.63, 3.8) is 0 Å². The highest BCUT2D eigenvalue weighted by atomic mass is 16.5. The van der Waals surface area contributed by atoms with Gasteiger partial charge in [-0.15, -0.1) is 0 Å². The number of piperidine rings is 1. The average molecular weight is 397 g/mol. The van der Waals surface area contributed by atoms with Crippen LogP contribution in [0.15, 0.2) is 47.1 Å². The number of hydrogen-bond donors (Lipinski definition) is 1. The molecule has 1 saturated heterocycles. The second-order valence-electron chi connectivity index (χ2n) is 7.18. The summed E-state index contributed by atoms with van der Waals surface area (Å²) in [6.45, 7) is 1.14. The SMILES string of the molecule is CNC(=O)C1CN(C(=O)C2CCN(C(=O)c3ccco3)CC2)c2ccccc2O1. The van der Waals surface area contributed by atoms with E-state index in [-0.39, 0.29) is 30.2 Å². The minimum Gasteiger partial charge on any atom is -0.477 e. The number of para-hydroxylation sites is 2. The zero-order valence-corrected chi connectivity index (χ0v) is 16.2. The van der Waals surface area contributed by atoms with Gasteiger partial charge in [0.15, 0.2) is 11.9 Å². The van der Waals surface area contributed by atoms with Gasteiger partial charge in [0.1, 0.15) is 5.75 Å². The second kappa shape index (κ2) is 7.98. The molecule has 0 aliphatic carbocycles. The maximum absolute atomic E-state index is 13.3. The number of rotatable bonds is 3. The highest BCUT2D eigenvalue weighted by Gasteiger charge is 2.37. The lowest BCUT2D eigenvalue weighted by Crippen LogP contribution is -2.52.